The van der Waals surface area contributed by atoms with Gasteiger partial charge in [-0.25, -0.2) is 0 Å². The van der Waals surface area contributed by atoms with Gasteiger partial charge in [0.2, 0.25) is 5.01 Å². The summed E-state index contributed by atoms with van der Waals surface area (Å²) in [5, 5.41) is 19.8. The molecule has 1 N–H and O–H groups in total. The molecular weight excluding hydrogens is 316 g/mol. The van der Waals surface area contributed by atoms with Gasteiger partial charge in [-0.05, 0) is 31.6 Å². The quantitative estimate of drug-likeness (QED) is 0.544. The fraction of sp³-hybridized carbons (Fsp3) is 0.571. The van der Waals surface area contributed by atoms with E-state index in [1.54, 1.807) is 10.9 Å². The molecule has 1 amide bonds. The van der Waals surface area contributed by atoms with Crippen LogP contribution in [0.4, 0.5) is 0 Å². The molecule has 2 aromatic heterocycles. The molecule has 1 aliphatic rings. The molecule has 3 rings (SSSR count). The topological polar surface area (TPSA) is 103 Å². The van der Waals surface area contributed by atoms with Gasteiger partial charge in [-0.3, -0.25) is 14.3 Å². The van der Waals surface area contributed by atoms with Crippen molar-refractivity contribution in [1.82, 2.24) is 30.5 Å². The molecule has 8 nitrogen and oxygen atoms in total. The van der Waals surface area contributed by atoms with Crippen molar-refractivity contribution in [3.63, 3.8) is 0 Å². The van der Waals surface area contributed by atoms with E-state index in [0.717, 1.165) is 30.8 Å². The molecule has 0 spiro atoms. The van der Waals surface area contributed by atoms with E-state index >= 15 is 0 Å². The Morgan fingerprint density at radius 2 is 2.22 bits per heavy atom. The van der Waals surface area contributed by atoms with Gasteiger partial charge in [0, 0.05) is 19.5 Å². The van der Waals surface area contributed by atoms with Gasteiger partial charge in [-0.1, -0.05) is 16.6 Å². The fourth-order valence-corrected chi connectivity index (χ4v) is 2.91. The van der Waals surface area contributed by atoms with E-state index in [4.69, 9.17) is 0 Å². The number of carbonyl (C=O) groups is 2. The highest BCUT2D eigenvalue weighted by molar-refractivity contribution is 7.13. The van der Waals surface area contributed by atoms with Crippen LogP contribution >= 0.6 is 11.3 Å². The van der Waals surface area contributed by atoms with E-state index in [9.17, 15) is 9.59 Å². The first-order valence-electron chi connectivity index (χ1n) is 7.70. The van der Waals surface area contributed by atoms with Crippen LogP contribution in [0.1, 0.15) is 51.0 Å². The predicted molar refractivity (Wildman–Crippen MR) is 83.3 cm³/mol. The van der Waals surface area contributed by atoms with Crippen molar-refractivity contribution in [2.45, 2.75) is 38.6 Å². The number of rotatable bonds is 9. The van der Waals surface area contributed by atoms with Crippen LogP contribution in [-0.2, 0) is 13.0 Å². The normalized spacial score (nSPS) is 13.9. The maximum absolute atomic E-state index is 11.9. The molecule has 0 unspecified atom stereocenters. The van der Waals surface area contributed by atoms with Gasteiger partial charge in [-0.2, -0.15) is 0 Å². The zero-order chi connectivity index (χ0) is 16.1. The van der Waals surface area contributed by atoms with Crippen molar-refractivity contribution in [1.29, 1.82) is 0 Å². The Hall–Kier alpha value is -2.16. The number of aldehydes is 1. The van der Waals surface area contributed by atoms with Gasteiger partial charge in [0.05, 0.1) is 6.20 Å². The Bertz CT molecular complexity index is 678. The molecule has 0 radical (unpaired) electrons. The lowest BCUT2D eigenvalue weighted by Crippen LogP contribution is -2.25. The summed E-state index contributed by atoms with van der Waals surface area (Å²) in [7, 11) is 0. The zero-order valence-electron chi connectivity index (χ0n) is 12.6. The number of nitrogens with zero attached hydrogens (tertiary/aromatic N) is 5. The Kier molecular flexibility index (Phi) is 5.06. The Morgan fingerprint density at radius 1 is 1.35 bits per heavy atom. The molecular formula is C14H18N6O2S. The summed E-state index contributed by atoms with van der Waals surface area (Å²) in [6.07, 6.45) is 7.31. The SMILES string of the molecule is O=Cc1cn(CCCCc2nnc(C(=O)NCC3CC3)s2)nn1. The summed E-state index contributed by atoms with van der Waals surface area (Å²) >= 11 is 1.35. The molecule has 0 atom stereocenters. The Morgan fingerprint density at radius 3 is 2.96 bits per heavy atom. The molecule has 0 aliphatic heterocycles. The van der Waals surface area contributed by atoms with Gasteiger partial charge in [-0.15, -0.1) is 15.3 Å². The van der Waals surface area contributed by atoms with Crippen LogP contribution in [0.5, 0.6) is 0 Å². The third kappa shape index (κ3) is 4.65. The van der Waals surface area contributed by atoms with Crippen molar-refractivity contribution in [2.75, 3.05) is 6.54 Å². The largest absolute Gasteiger partial charge is 0.350 e. The number of carbonyl (C=O) groups excluding carboxylic acids is 2. The van der Waals surface area contributed by atoms with Gasteiger partial charge < -0.3 is 5.32 Å². The Labute approximate surface area is 137 Å². The van der Waals surface area contributed by atoms with E-state index in [0.29, 0.717) is 29.5 Å². The van der Waals surface area contributed by atoms with Crippen molar-refractivity contribution in [2.24, 2.45) is 5.92 Å². The first-order chi connectivity index (χ1) is 11.2. The molecule has 2 heterocycles. The second-order valence-electron chi connectivity index (χ2n) is 5.64. The maximum Gasteiger partial charge on any atom is 0.282 e. The summed E-state index contributed by atoms with van der Waals surface area (Å²) in [5.41, 5.74) is 0.343. The minimum Gasteiger partial charge on any atom is -0.350 e. The van der Waals surface area contributed by atoms with Crippen molar-refractivity contribution in [3.8, 4) is 0 Å². The molecule has 1 saturated carbocycles. The molecule has 1 fully saturated rings. The van der Waals surface area contributed by atoms with Crippen LogP contribution in [0.2, 0.25) is 0 Å². The molecule has 0 aromatic carbocycles. The van der Waals surface area contributed by atoms with Crippen LogP contribution in [0, 0.1) is 5.92 Å². The molecule has 23 heavy (non-hydrogen) atoms. The van der Waals surface area contributed by atoms with Crippen LogP contribution in [-0.4, -0.2) is 43.9 Å². The molecule has 0 bridgehead atoms. The number of hydrogen-bond donors (Lipinski definition) is 1. The first-order valence-corrected chi connectivity index (χ1v) is 8.52. The zero-order valence-corrected chi connectivity index (χ0v) is 13.5. The Balaban J connectivity index is 1.38. The average Bonchev–Trinajstić information content (AvgIpc) is 3.08. The van der Waals surface area contributed by atoms with E-state index < -0.39 is 0 Å². The highest BCUT2D eigenvalue weighted by Crippen LogP contribution is 2.27. The smallest absolute Gasteiger partial charge is 0.282 e. The third-order valence-corrected chi connectivity index (χ3v) is 4.60. The number of amides is 1. The monoisotopic (exact) mass is 334 g/mol. The van der Waals surface area contributed by atoms with Crippen LogP contribution in [0.3, 0.4) is 0 Å². The molecule has 122 valence electrons. The van der Waals surface area contributed by atoms with E-state index in [1.165, 1.54) is 24.2 Å². The number of hydrogen-bond acceptors (Lipinski definition) is 7. The lowest BCUT2D eigenvalue weighted by molar-refractivity contribution is 0.0950. The van der Waals surface area contributed by atoms with Crippen LogP contribution < -0.4 is 5.32 Å². The van der Waals surface area contributed by atoms with E-state index in [1.807, 2.05) is 0 Å². The lowest BCUT2D eigenvalue weighted by Gasteiger charge is -1.99. The number of nitrogens with one attached hydrogen (secondary N) is 1. The van der Waals surface area contributed by atoms with E-state index in [-0.39, 0.29) is 5.91 Å². The fourth-order valence-electron chi connectivity index (χ4n) is 2.11. The van der Waals surface area contributed by atoms with Gasteiger partial charge >= 0.3 is 0 Å². The number of aromatic nitrogens is 5. The second-order valence-corrected chi connectivity index (χ2v) is 6.70. The summed E-state index contributed by atoms with van der Waals surface area (Å²) in [5.74, 6) is 0.535. The third-order valence-electron chi connectivity index (χ3n) is 3.61. The summed E-state index contributed by atoms with van der Waals surface area (Å²) in [6, 6.07) is 0. The first kappa shape index (κ1) is 15.7. The highest BCUT2D eigenvalue weighted by Gasteiger charge is 2.22. The predicted octanol–water partition coefficient (Wildman–Crippen LogP) is 1.10. The number of aryl methyl sites for hydroxylation is 2. The van der Waals surface area contributed by atoms with Crippen LogP contribution in [0.25, 0.3) is 0 Å². The highest BCUT2D eigenvalue weighted by atomic mass is 32.1. The van der Waals surface area contributed by atoms with Crippen molar-refractivity contribution in [3.05, 3.63) is 21.9 Å². The average molecular weight is 334 g/mol. The summed E-state index contributed by atoms with van der Waals surface area (Å²) in [6.45, 7) is 1.45. The van der Waals surface area contributed by atoms with Gasteiger partial charge in [0.1, 0.15) is 10.7 Å². The molecule has 2 aromatic rings. The minimum absolute atomic E-state index is 0.121. The van der Waals surface area contributed by atoms with E-state index in [2.05, 4.69) is 25.8 Å². The molecule has 9 heteroatoms. The van der Waals surface area contributed by atoms with Gasteiger partial charge in [0.25, 0.3) is 5.91 Å². The maximum atomic E-state index is 11.9. The van der Waals surface area contributed by atoms with Crippen molar-refractivity contribution < 1.29 is 9.59 Å². The minimum atomic E-state index is -0.121. The standard InChI is InChI=1S/C14H18N6O2S/c21-9-11-8-20(19-16-11)6-2-1-3-12-17-18-14(23-12)13(22)15-7-10-4-5-10/h8-10H,1-7H2,(H,15,22). The van der Waals surface area contributed by atoms with Crippen LogP contribution in [0.15, 0.2) is 6.20 Å². The summed E-state index contributed by atoms with van der Waals surface area (Å²) < 4.78 is 1.65. The molecule has 1 aliphatic carbocycles. The second kappa shape index (κ2) is 7.40. The lowest BCUT2D eigenvalue weighted by atomic mass is 10.2. The number of unbranched alkanes of at least 4 members (excludes halogenated alkanes) is 1. The summed E-state index contributed by atoms with van der Waals surface area (Å²) in [4.78, 5) is 22.4. The van der Waals surface area contributed by atoms with Crippen molar-refractivity contribution >= 4 is 23.5 Å². The van der Waals surface area contributed by atoms with Gasteiger partial charge in [0.15, 0.2) is 6.29 Å². The molecule has 0 saturated heterocycles.